The summed E-state index contributed by atoms with van der Waals surface area (Å²) in [5, 5.41) is 3.35. The van der Waals surface area contributed by atoms with E-state index < -0.39 is 0 Å². The Hall–Kier alpha value is -1.00. The minimum absolute atomic E-state index is 0.142. The predicted molar refractivity (Wildman–Crippen MR) is 78.5 cm³/mol. The van der Waals surface area contributed by atoms with Gasteiger partial charge in [-0.2, -0.15) is 0 Å². The third-order valence-electron chi connectivity index (χ3n) is 3.16. The van der Waals surface area contributed by atoms with Crippen LogP contribution in [0.1, 0.15) is 24.8 Å². The zero-order chi connectivity index (χ0) is 13.7. The Kier molecular flexibility index (Phi) is 5.28. The van der Waals surface area contributed by atoms with E-state index in [0.29, 0.717) is 6.04 Å². The van der Waals surface area contributed by atoms with Crippen LogP contribution in [0.2, 0.25) is 0 Å². The van der Waals surface area contributed by atoms with Crippen molar-refractivity contribution in [1.82, 2.24) is 5.32 Å². The topological polar surface area (TPSA) is 38.3 Å². The fourth-order valence-electron chi connectivity index (χ4n) is 1.95. The van der Waals surface area contributed by atoms with Crippen LogP contribution in [0.15, 0.2) is 29.2 Å². The molecule has 1 saturated carbocycles. The van der Waals surface area contributed by atoms with E-state index in [2.05, 4.69) is 36.5 Å². The van der Waals surface area contributed by atoms with Crippen LogP contribution in [0.4, 0.5) is 0 Å². The van der Waals surface area contributed by atoms with Crippen molar-refractivity contribution in [3.63, 3.8) is 0 Å². The summed E-state index contributed by atoms with van der Waals surface area (Å²) in [5.41, 5.74) is 1.27. The Labute approximate surface area is 119 Å². The molecule has 0 spiro atoms. The van der Waals surface area contributed by atoms with Gasteiger partial charge in [-0.15, -0.1) is 11.8 Å². The first-order valence-electron chi connectivity index (χ1n) is 6.72. The van der Waals surface area contributed by atoms with Crippen LogP contribution in [0, 0.1) is 6.92 Å². The van der Waals surface area contributed by atoms with Gasteiger partial charge < -0.3 is 10.1 Å². The van der Waals surface area contributed by atoms with Crippen LogP contribution in [0.3, 0.4) is 0 Å². The van der Waals surface area contributed by atoms with E-state index in [1.54, 1.807) is 11.8 Å². The number of benzene rings is 1. The molecule has 0 amide bonds. The number of esters is 1. The molecule has 1 fully saturated rings. The Bertz CT molecular complexity index is 432. The van der Waals surface area contributed by atoms with Gasteiger partial charge in [0.2, 0.25) is 0 Å². The monoisotopic (exact) mass is 279 g/mol. The van der Waals surface area contributed by atoms with Crippen LogP contribution >= 0.6 is 11.8 Å². The zero-order valence-corrected chi connectivity index (χ0v) is 12.3. The van der Waals surface area contributed by atoms with E-state index in [-0.39, 0.29) is 12.0 Å². The van der Waals surface area contributed by atoms with Gasteiger partial charge in [-0.3, -0.25) is 4.79 Å². The molecule has 1 aliphatic carbocycles. The van der Waals surface area contributed by atoms with Gasteiger partial charge in [0.1, 0.15) is 6.04 Å². The van der Waals surface area contributed by atoms with Crippen molar-refractivity contribution in [3.8, 4) is 0 Å². The summed E-state index contributed by atoms with van der Waals surface area (Å²) < 4.78 is 4.85. The van der Waals surface area contributed by atoms with Crippen LogP contribution < -0.4 is 5.32 Å². The van der Waals surface area contributed by atoms with Gasteiger partial charge in [-0.1, -0.05) is 17.7 Å². The second-order valence-electron chi connectivity index (χ2n) is 4.97. The van der Waals surface area contributed by atoms with Crippen LogP contribution in [-0.4, -0.2) is 30.9 Å². The number of hydrogen-bond donors (Lipinski definition) is 1. The largest absolute Gasteiger partial charge is 0.468 e. The second-order valence-corrected chi connectivity index (χ2v) is 6.14. The van der Waals surface area contributed by atoms with Gasteiger partial charge in [-0.05, 0) is 38.3 Å². The van der Waals surface area contributed by atoms with Gasteiger partial charge in [0.05, 0.1) is 7.11 Å². The van der Waals surface area contributed by atoms with E-state index in [1.807, 2.05) is 0 Å². The third kappa shape index (κ3) is 4.88. The highest BCUT2D eigenvalue weighted by Crippen LogP contribution is 2.23. The summed E-state index contributed by atoms with van der Waals surface area (Å²) in [6.07, 6.45) is 3.17. The molecule has 0 radical (unpaired) electrons. The third-order valence-corrected chi connectivity index (χ3v) is 4.19. The first-order chi connectivity index (χ1) is 9.19. The maximum absolute atomic E-state index is 11.7. The highest BCUT2D eigenvalue weighted by atomic mass is 32.2. The van der Waals surface area contributed by atoms with Crippen LogP contribution in [-0.2, 0) is 9.53 Å². The Morgan fingerprint density at radius 2 is 2.32 bits per heavy atom. The summed E-state index contributed by atoms with van der Waals surface area (Å²) in [6.45, 7) is 2.09. The highest BCUT2D eigenvalue weighted by Gasteiger charge is 2.28. The van der Waals surface area contributed by atoms with Gasteiger partial charge in [-0.25, -0.2) is 0 Å². The smallest absolute Gasteiger partial charge is 0.322 e. The standard InChI is InChI=1S/C15H21NO2S/c1-11-4-3-5-13(10-11)19-9-8-14(15(17)18-2)16-12-6-7-12/h3-5,10,12,14,16H,6-9H2,1-2H3. The Morgan fingerprint density at radius 1 is 1.53 bits per heavy atom. The molecule has 0 aromatic heterocycles. The number of hydrogen-bond acceptors (Lipinski definition) is 4. The summed E-state index contributed by atoms with van der Waals surface area (Å²) in [5.74, 6) is 0.778. The zero-order valence-electron chi connectivity index (χ0n) is 11.5. The lowest BCUT2D eigenvalue weighted by Crippen LogP contribution is -2.39. The molecule has 1 aromatic carbocycles. The average molecular weight is 279 g/mol. The summed E-state index contributed by atoms with van der Waals surface area (Å²) in [6, 6.07) is 8.81. The Morgan fingerprint density at radius 3 is 2.95 bits per heavy atom. The minimum Gasteiger partial charge on any atom is -0.468 e. The average Bonchev–Trinajstić information content (AvgIpc) is 3.21. The molecule has 19 heavy (non-hydrogen) atoms. The molecule has 1 atom stereocenters. The van der Waals surface area contributed by atoms with Crippen LogP contribution in [0.5, 0.6) is 0 Å². The number of carbonyl (C=O) groups is 1. The van der Waals surface area contributed by atoms with Gasteiger partial charge >= 0.3 is 5.97 Å². The van der Waals surface area contributed by atoms with Crippen molar-refractivity contribution in [2.24, 2.45) is 0 Å². The summed E-state index contributed by atoms with van der Waals surface area (Å²) >= 11 is 1.79. The molecule has 1 unspecified atom stereocenters. The fourth-order valence-corrected chi connectivity index (χ4v) is 2.98. The molecule has 0 heterocycles. The van der Waals surface area contributed by atoms with Crippen molar-refractivity contribution in [1.29, 1.82) is 0 Å². The molecule has 1 N–H and O–H groups in total. The van der Waals surface area contributed by atoms with Crippen LogP contribution in [0.25, 0.3) is 0 Å². The fraction of sp³-hybridized carbons (Fsp3) is 0.533. The number of carbonyl (C=O) groups excluding carboxylic acids is 1. The quantitative estimate of drug-likeness (QED) is 0.615. The number of ether oxygens (including phenoxy) is 1. The SMILES string of the molecule is COC(=O)C(CCSc1cccc(C)c1)NC1CC1. The molecular formula is C15H21NO2S. The minimum atomic E-state index is -0.158. The molecule has 1 aliphatic rings. The summed E-state index contributed by atoms with van der Waals surface area (Å²) in [7, 11) is 1.46. The lowest BCUT2D eigenvalue weighted by atomic mass is 10.2. The molecular weight excluding hydrogens is 258 g/mol. The van der Waals surface area contributed by atoms with Gasteiger partial charge in [0, 0.05) is 16.7 Å². The second kappa shape index (κ2) is 6.96. The maximum Gasteiger partial charge on any atom is 0.322 e. The number of rotatable bonds is 7. The normalized spacial score (nSPS) is 16.1. The molecule has 2 rings (SSSR count). The first-order valence-corrected chi connectivity index (χ1v) is 7.71. The van der Waals surface area contributed by atoms with E-state index in [0.717, 1.165) is 12.2 Å². The van der Waals surface area contributed by atoms with Crippen molar-refractivity contribution >= 4 is 17.7 Å². The lowest BCUT2D eigenvalue weighted by molar-refractivity contribution is -0.143. The highest BCUT2D eigenvalue weighted by molar-refractivity contribution is 7.99. The number of methoxy groups -OCH3 is 1. The van der Waals surface area contributed by atoms with E-state index in [9.17, 15) is 4.79 Å². The molecule has 3 nitrogen and oxygen atoms in total. The van der Waals surface area contributed by atoms with Crippen molar-refractivity contribution in [2.75, 3.05) is 12.9 Å². The van der Waals surface area contributed by atoms with Crippen molar-refractivity contribution in [2.45, 2.75) is 43.2 Å². The molecule has 104 valence electrons. The molecule has 0 saturated heterocycles. The lowest BCUT2D eigenvalue weighted by Gasteiger charge is -2.15. The molecule has 1 aromatic rings. The number of nitrogens with one attached hydrogen (secondary N) is 1. The summed E-state index contributed by atoms with van der Waals surface area (Å²) in [4.78, 5) is 12.9. The molecule has 4 heteroatoms. The number of thioether (sulfide) groups is 1. The van der Waals surface area contributed by atoms with E-state index >= 15 is 0 Å². The van der Waals surface area contributed by atoms with E-state index in [1.165, 1.54) is 30.4 Å². The van der Waals surface area contributed by atoms with Gasteiger partial charge in [0.15, 0.2) is 0 Å². The van der Waals surface area contributed by atoms with Gasteiger partial charge in [0.25, 0.3) is 0 Å². The number of aryl methyl sites for hydroxylation is 1. The molecule has 0 bridgehead atoms. The maximum atomic E-state index is 11.7. The van der Waals surface area contributed by atoms with E-state index in [4.69, 9.17) is 4.74 Å². The van der Waals surface area contributed by atoms with Crippen molar-refractivity contribution < 1.29 is 9.53 Å². The predicted octanol–water partition coefficient (Wildman–Crippen LogP) is 2.77. The Balaban J connectivity index is 1.79. The van der Waals surface area contributed by atoms with Crippen molar-refractivity contribution in [3.05, 3.63) is 29.8 Å². The first kappa shape index (κ1) is 14.4. The molecule has 0 aliphatic heterocycles.